The van der Waals surface area contributed by atoms with E-state index in [2.05, 4.69) is 10.6 Å². The van der Waals surface area contributed by atoms with Gasteiger partial charge in [0.05, 0.1) is 6.42 Å². The zero-order chi connectivity index (χ0) is 15.0. The summed E-state index contributed by atoms with van der Waals surface area (Å²) in [7, 11) is 1.92. The van der Waals surface area contributed by atoms with Gasteiger partial charge in [-0.15, -0.1) is 0 Å². The molecule has 1 aliphatic heterocycles. The first-order valence-corrected chi connectivity index (χ1v) is 7.48. The maximum atomic E-state index is 12.2. The van der Waals surface area contributed by atoms with Crippen LogP contribution >= 0.6 is 0 Å². The van der Waals surface area contributed by atoms with Crippen molar-refractivity contribution in [2.24, 2.45) is 5.92 Å². The number of piperidine rings is 1. The monoisotopic (exact) mass is 285 g/mol. The molecule has 1 fully saturated rings. The van der Waals surface area contributed by atoms with Crippen molar-refractivity contribution in [3.05, 3.63) is 0 Å². The van der Waals surface area contributed by atoms with Gasteiger partial charge in [0.1, 0.15) is 0 Å². The molecule has 2 unspecified atom stereocenters. The Kier molecular flexibility index (Phi) is 7.36. The van der Waals surface area contributed by atoms with E-state index in [-0.39, 0.29) is 18.5 Å². The van der Waals surface area contributed by atoms with Crippen molar-refractivity contribution in [2.45, 2.75) is 45.1 Å². The molecule has 0 aliphatic carbocycles. The van der Waals surface area contributed by atoms with Gasteiger partial charge in [-0.3, -0.25) is 4.79 Å². The molecule has 0 aromatic heterocycles. The smallest absolute Gasteiger partial charge is 0.317 e. The van der Waals surface area contributed by atoms with Gasteiger partial charge < -0.3 is 20.6 Å². The summed E-state index contributed by atoms with van der Waals surface area (Å²) in [4.78, 5) is 24.8. The summed E-state index contributed by atoms with van der Waals surface area (Å²) >= 11 is 0. The van der Waals surface area contributed by atoms with Crippen molar-refractivity contribution in [1.29, 1.82) is 0 Å². The van der Waals surface area contributed by atoms with E-state index in [1.165, 1.54) is 0 Å². The van der Waals surface area contributed by atoms with Crippen LogP contribution in [0.2, 0.25) is 0 Å². The normalized spacial score (nSPS) is 20.5. The third kappa shape index (κ3) is 5.77. The summed E-state index contributed by atoms with van der Waals surface area (Å²) in [5, 5.41) is 14.9. The highest BCUT2D eigenvalue weighted by atomic mass is 16.4. The molecule has 0 spiro atoms. The molecule has 1 heterocycles. The summed E-state index contributed by atoms with van der Waals surface area (Å²) in [6.07, 6.45) is 3.70. The van der Waals surface area contributed by atoms with Gasteiger partial charge in [-0.2, -0.15) is 0 Å². The second-order valence-corrected chi connectivity index (χ2v) is 5.54. The number of carbonyl (C=O) groups excluding carboxylic acids is 1. The minimum atomic E-state index is -0.865. The number of nitrogens with one attached hydrogen (secondary N) is 2. The molecule has 1 rings (SSSR count). The van der Waals surface area contributed by atoms with Crippen molar-refractivity contribution < 1.29 is 14.7 Å². The fourth-order valence-electron chi connectivity index (χ4n) is 2.76. The highest BCUT2D eigenvalue weighted by Gasteiger charge is 2.25. The molecule has 6 heteroatoms. The van der Waals surface area contributed by atoms with Crippen LogP contribution in [0.1, 0.15) is 39.0 Å². The van der Waals surface area contributed by atoms with Crippen LogP contribution < -0.4 is 10.6 Å². The van der Waals surface area contributed by atoms with E-state index in [9.17, 15) is 9.59 Å². The molecule has 1 aliphatic rings. The number of carbonyl (C=O) groups is 2. The Morgan fingerprint density at radius 3 is 2.80 bits per heavy atom. The van der Waals surface area contributed by atoms with Crippen molar-refractivity contribution >= 4 is 12.0 Å². The molecule has 6 nitrogen and oxygen atoms in total. The molecule has 116 valence electrons. The number of hydrogen-bond acceptors (Lipinski definition) is 3. The Morgan fingerprint density at radius 1 is 1.45 bits per heavy atom. The Bertz CT molecular complexity index is 321. The minimum absolute atomic E-state index is 0.00658. The molecule has 0 radical (unpaired) electrons. The van der Waals surface area contributed by atoms with Gasteiger partial charge in [0, 0.05) is 19.1 Å². The summed E-state index contributed by atoms with van der Waals surface area (Å²) < 4.78 is 0. The first-order valence-electron chi connectivity index (χ1n) is 7.48. The quantitative estimate of drug-likeness (QED) is 0.658. The SMILES string of the molecule is CCCC(CC(=O)O)NC(=O)N1CCCC(CNC)C1. The third-order valence-corrected chi connectivity index (χ3v) is 3.68. The van der Waals surface area contributed by atoms with Crippen LogP contribution in [0.4, 0.5) is 4.79 Å². The highest BCUT2D eigenvalue weighted by molar-refractivity contribution is 5.76. The van der Waals surface area contributed by atoms with E-state index in [1.807, 2.05) is 18.9 Å². The molecule has 0 saturated carbocycles. The first kappa shape index (κ1) is 16.8. The maximum absolute atomic E-state index is 12.2. The summed E-state index contributed by atoms with van der Waals surface area (Å²) in [6.45, 7) is 4.42. The minimum Gasteiger partial charge on any atom is -0.481 e. The molecule has 2 atom stereocenters. The lowest BCUT2D eigenvalue weighted by Gasteiger charge is -2.33. The van der Waals surface area contributed by atoms with E-state index in [0.29, 0.717) is 12.3 Å². The highest BCUT2D eigenvalue weighted by Crippen LogP contribution is 2.16. The average molecular weight is 285 g/mol. The zero-order valence-electron chi connectivity index (χ0n) is 12.5. The Balaban J connectivity index is 2.48. The van der Waals surface area contributed by atoms with Crippen LogP contribution in [0.5, 0.6) is 0 Å². The topological polar surface area (TPSA) is 81.7 Å². The maximum Gasteiger partial charge on any atom is 0.317 e. The van der Waals surface area contributed by atoms with E-state index in [0.717, 1.165) is 38.9 Å². The largest absolute Gasteiger partial charge is 0.481 e. The zero-order valence-corrected chi connectivity index (χ0v) is 12.5. The fourth-order valence-corrected chi connectivity index (χ4v) is 2.76. The van der Waals surface area contributed by atoms with Crippen LogP contribution in [0.15, 0.2) is 0 Å². The predicted molar refractivity (Wildman–Crippen MR) is 77.7 cm³/mol. The number of amides is 2. The predicted octanol–water partition coefficient (Wildman–Crippen LogP) is 1.27. The molecule has 0 aromatic carbocycles. The number of carboxylic acids is 1. The van der Waals surface area contributed by atoms with Crippen LogP contribution in [-0.2, 0) is 4.79 Å². The Morgan fingerprint density at radius 2 is 2.20 bits per heavy atom. The Labute approximate surface area is 120 Å². The number of likely N-dealkylation sites (tertiary alicyclic amines) is 1. The number of urea groups is 1. The van der Waals surface area contributed by atoms with Crippen LogP contribution in [-0.4, -0.2) is 54.7 Å². The van der Waals surface area contributed by atoms with Crippen molar-refractivity contribution in [2.75, 3.05) is 26.7 Å². The number of carboxylic acid groups (broad SMARTS) is 1. The molecule has 0 bridgehead atoms. The average Bonchev–Trinajstić information content (AvgIpc) is 2.39. The van der Waals surface area contributed by atoms with E-state index in [1.54, 1.807) is 0 Å². The van der Waals surface area contributed by atoms with Gasteiger partial charge in [0.25, 0.3) is 0 Å². The second-order valence-electron chi connectivity index (χ2n) is 5.54. The van der Waals surface area contributed by atoms with E-state index < -0.39 is 5.97 Å². The molecular weight excluding hydrogens is 258 g/mol. The molecule has 3 N–H and O–H groups in total. The van der Waals surface area contributed by atoms with E-state index in [4.69, 9.17) is 5.11 Å². The van der Waals surface area contributed by atoms with Gasteiger partial charge in [0.15, 0.2) is 0 Å². The third-order valence-electron chi connectivity index (χ3n) is 3.68. The van der Waals surface area contributed by atoms with Crippen LogP contribution in [0, 0.1) is 5.92 Å². The summed E-state index contributed by atoms with van der Waals surface area (Å²) in [6, 6.07) is -0.389. The van der Waals surface area contributed by atoms with Gasteiger partial charge in [0.2, 0.25) is 0 Å². The molecule has 20 heavy (non-hydrogen) atoms. The summed E-state index contributed by atoms with van der Waals surface area (Å²) in [5.41, 5.74) is 0. The van der Waals surface area contributed by atoms with Crippen LogP contribution in [0.3, 0.4) is 0 Å². The Hall–Kier alpha value is -1.30. The molecule has 2 amide bonds. The lowest BCUT2D eigenvalue weighted by molar-refractivity contribution is -0.137. The van der Waals surface area contributed by atoms with Gasteiger partial charge in [-0.05, 0) is 38.8 Å². The standard InChI is InChI=1S/C14H27N3O3/c1-3-5-12(8-13(18)19)16-14(20)17-7-4-6-11(10-17)9-15-2/h11-12,15H,3-10H2,1-2H3,(H,16,20)(H,18,19). The van der Waals surface area contributed by atoms with E-state index >= 15 is 0 Å². The number of rotatable bonds is 7. The van der Waals surface area contributed by atoms with Crippen molar-refractivity contribution in [3.63, 3.8) is 0 Å². The lowest BCUT2D eigenvalue weighted by Crippen LogP contribution is -2.50. The van der Waals surface area contributed by atoms with Gasteiger partial charge in [-0.1, -0.05) is 13.3 Å². The number of aliphatic carboxylic acids is 1. The molecule has 0 aromatic rings. The molecular formula is C14H27N3O3. The lowest BCUT2D eigenvalue weighted by atomic mass is 9.98. The van der Waals surface area contributed by atoms with Crippen molar-refractivity contribution in [3.8, 4) is 0 Å². The van der Waals surface area contributed by atoms with Crippen molar-refractivity contribution in [1.82, 2.24) is 15.5 Å². The number of nitrogens with zero attached hydrogens (tertiary/aromatic N) is 1. The second kappa shape index (κ2) is 8.79. The van der Waals surface area contributed by atoms with Gasteiger partial charge >= 0.3 is 12.0 Å². The first-order chi connectivity index (χ1) is 9.56. The fraction of sp³-hybridized carbons (Fsp3) is 0.857. The molecule has 1 saturated heterocycles. The van der Waals surface area contributed by atoms with Crippen LogP contribution in [0.25, 0.3) is 0 Å². The summed E-state index contributed by atoms with van der Waals surface area (Å²) in [5.74, 6) is -0.376. The van der Waals surface area contributed by atoms with Gasteiger partial charge in [-0.25, -0.2) is 4.79 Å². The number of hydrogen-bond donors (Lipinski definition) is 3.